The van der Waals surface area contributed by atoms with Gasteiger partial charge in [-0.05, 0) is 30.2 Å². The highest BCUT2D eigenvalue weighted by molar-refractivity contribution is 6.02. The Bertz CT molecular complexity index is 1010. The van der Waals surface area contributed by atoms with Gasteiger partial charge in [0.15, 0.2) is 0 Å². The van der Waals surface area contributed by atoms with Crippen LogP contribution >= 0.6 is 0 Å². The van der Waals surface area contributed by atoms with Gasteiger partial charge in [-0.1, -0.05) is 36.4 Å². The molecule has 0 fully saturated rings. The number of benzene rings is 2. The summed E-state index contributed by atoms with van der Waals surface area (Å²) in [5.74, 6) is -0.0386. The first-order chi connectivity index (χ1) is 11.6. The standard InChI is InChI=1S/C19H16N2O3/c1-11-7-8-13-16(9-11)24-19(23)17(18(13)22)15-10-14(20-21-15)12-5-3-2-4-6-12/h2-9,15,21-22H,10H2,1H3. The smallest absolute Gasteiger partial charge is 0.345 e. The van der Waals surface area contributed by atoms with Crippen molar-refractivity contribution in [3.8, 4) is 5.75 Å². The lowest BCUT2D eigenvalue weighted by atomic mass is 9.98. The molecular weight excluding hydrogens is 304 g/mol. The Kier molecular flexibility index (Phi) is 3.34. The zero-order valence-electron chi connectivity index (χ0n) is 13.1. The maximum Gasteiger partial charge on any atom is 0.345 e. The first-order valence-corrected chi connectivity index (χ1v) is 7.77. The van der Waals surface area contributed by atoms with Gasteiger partial charge in [0.2, 0.25) is 0 Å². The molecule has 120 valence electrons. The molecule has 0 aliphatic carbocycles. The van der Waals surface area contributed by atoms with E-state index in [1.807, 2.05) is 43.3 Å². The van der Waals surface area contributed by atoms with Crippen molar-refractivity contribution in [1.82, 2.24) is 5.43 Å². The number of nitrogens with one attached hydrogen (secondary N) is 1. The summed E-state index contributed by atoms with van der Waals surface area (Å²) >= 11 is 0. The van der Waals surface area contributed by atoms with Gasteiger partial charge in [0.05, 0.1) is 17.1 Å². The summed E-state index contributed by atoms with van der Waals surface area (Å²) in [5, 5.41) is 15.4. The number of nitrogens with zero attached hydrogens (tertiary/aromatic N) is 1. The second-order valence-corrected chi connectivity index (χ2v) is 5.96. The van der Waals surface area contributed by atoms with Gasteiger partial charge in [0.25, 0.3) is 0 Å². The van der Waals surface area contributed by atoms with Crippen LogP contribution in [0.25, 0.3) is 11.0 Å². The van der Waals surface area contributed by atoms with Gasteiger partial charge in [-0.2, -0.15) is 5.10 Å². The number of rotatable bonds is 2. The average Bonchev–Trinajstić information content (AvgIpc) is 3.05. The van der Waals surface area contributed by atoms with E-state index < -0.39 is 11.7 Å². The number of hydrogen-bond acceptors (Lipinski definition) is 5. The summed E-state index contributed by atoms with van der Waals surface area (Å²) in [7, 11) is 0. The number of aryl methyl sites for hydroxylation is 1. The molecule has 0 amide bonds. The van der Waals surface area contributed by atoms with Crippen LogP contribution < -0.4 is 11.1 Å². The van der Waals surface area contributed by atoms with Crippen molar-refractivity contribution in [1.29, 1.82) is 0 Å². The number of hydrogen-bond donors (Lipinski definition) is 2. The summed E-state index contributed by atoms with van der Waals surface area (Å²) < 4.78 is 5.40. The van der Waals surface area contributed by atoms with E-state index >= 15 is 0 Å². The molecule has 0 saturated heterocycles. The SMILES string of the molecule is Cc1ccc2c(O)c(C3CC(c4ccccc4)=NN3)c(=O)oc2c1. The molecule has 1 aliphatic heterocycles. The molecular formula is C19H16N2O3. The second-order valence-electron chi connectivity index (χ2n) is 5.96. The van der Waals surface area contributed by atoms with E-state index in [0.717, 1.165) is 16.8 Å². The molecule has 5 heteroatoms. The van der Waals surface area contributed by atoms with Gasteiger partial charge in [-0.3, -0.25) is 0 Å². The molecule has 2 heterocycles. The van der Waals surface area contributed by atoms with Crippen LogP contribution in [0.4, 0.5) is 0 Å². The maximum atomic E-state index is 12.4. The highest BCUT2D eigenvalue weighted by Crippen LogP contribution is 2.33. The zero-order valence-corrected chi connectivity index (χ0v) is 13.1. The molecule has 4 rings (SSSR count). The minimum absolute atomic E-state index is 0.0386. The number of fused-ring (bicyclic) bond motifs is 1. The summed E-state index contributed by atoms with van der Waals surface area (Å²) in [6.07, 6.45) is 0.514. The molecule has 0 radical (unpaired) electrons. The van der Waals surface area contributed by atoms with Crippen LogP contribution in [0.5, 0.6) is 5.75 Å². The van der Waals surface area contributed by atoms with Gasteiger partial charge in [0, 0.05) is 6.42 Å². The van der Waals surface area contributed by atoms with Crippen LogP contribution in [0.3, 0.4) is 0 Å². The van der Waals surface area contributed by atoms with Crippen molar-refractivity contribution in [3.05, 3.63) is 75.6 Å². The van der Waals surface area contributed by atoms with Gasteiger partial charge in [-0.25, -0.2) is 4.79 Å². The van der Waals surface area contributed by atoms with Crippen molar-refractivity contribution in [2.75, 3.05) is 0 Å². The molecule has 3 aromatic rings. The van der Waals surface area contributed by atoms with Crippen LogP contribution in [0.15, 0.2) is 62.8 Å². The summed E-state index contributed by atoms with van der Waals surface area (Å²) in [6, 6.07) is 14.7. The van der Waals surface area contributed by atoms with Gasteiger partial charge >= 0.3 is 5.63 Å². The maximum absolute atomic E-state index is 12.4. The monoisotopic (exact) mass is 320 g/mol. The lowest BCUT2D eigenvalue weighted by molar-refractivity contribution is 0.438. The van der Waals surface area contributed by atoms with Gasteiger partial charge in [0.1, 0.15) is 16.9 Å². The van der Waals surface area contributed by atoms with E-state index in [1.165, 1.54) is 0 Å². The van der Waals surface area contributed by atoms with Crippen LogP contribution in [0, 0.1) is 6.92 Å². The van der Waals surface area contributed by atoms with Gasteiger partial charge < -0.3 is 14.9 Å². The normalized spacial score (nSPS) is 16.9. The van der Waals surface area contributed by atoms with Crippen molar-refractivity contribution in [3.63, 3.8) is 0 Å². The molecule has 1 unspecified atom stereocenters. The molecule has 0 saturated carbocycles. The molecule has 1 aliphatic rings. The third-order valence-corrected chi connectivity index (χ3v) is 4.28. The Balaban J connectivity index is 1.74. The quantitative estimate of drug-likeness (QED) is 0.711. The first kappa shape index (κ1) is 14.5. The summed E-state index contributed by atoms with van der Waals surface area (Å²) in [4.78, 5) is 12.4. The topological polar surface area (TPSA) is 74.8 Å². The highest BCUT2D eigenvalue weighted by Gasteiger charge is 2.28. The molecule has 5 nitrogen and oxygen atoms in total. The largest absolute Gasteiger partial charge is 0.507 e. The van der Waals surface area contributed by atoms with E-state index in [4.69, 9.17) is 4.42 Å². The van der Waals surface area contributed by atoms with Crippen LogP contribution in [0.2, 0.25) is 0 Å². The lowest BCUT2D eigenvalue weighted by Crippen LogP contribution is -2.19. The predicted molar refractivity (Wildman–Crippen MR) is 92.4 cm³/mol. The summed E-state index contributed by atoms with van der Waals surface area (Å²) in [6.45, 7) is 1.91. The number of hydrazone groups is 1. The fourth-order valence-corrected chi connectivity index (χ4v) is 3.03. The van der Waals surface area contributed by atoms with E-state index in [9.17, 15) is 9.90 Å². The Hall–Kier alpha value is -3.08. The van der Waals surface area contributed by atoms with E-state index in [2.05, 4.69) is 10.5 Å². The molecule has 1 atom stereocenters. The average molecular weight is 320 g/mol. The molecule has 2 N–H and O–H groups in total. The fourth-order valence-electron chi connectivity index (χ4n) is 3.03. The third-order valence-electron chi connectivity index (χ3n) is 4.28. The van der Waals surface area contributed by atoms with Crippen molar-refractivity contribution in [2.24, 2.45) is 5.10 Å². The Morgan fingerprint density at radius 3 is 2.79 bits per heavy atom. The minimum Gasteiger partial charge on any atom is -0.507 e. The Morgan fingerprint density at radius 2 is 2.00 bits per heavy atom. The van der Waals surface area contributed by atoms with Crippen LogP contribution in [0.1, 0.15) is 29.2 Å². The molecule has 24 heavy (non-hydrogen) atoms. The van der Waals surface area contributed by atoms with Crippen molar-refractivity contribution in [2.45, 2.75) is 19.4 Å². The minimum atomic E-state index is -0.535. The second kappa shape index (κ2) is 5.53. The van der Waals surface area contributed by atoms with E-state index in [1.54, 1.807) is 12.1 Å². The molecule has 0 bridgehead atoms. The van der Waals surface area contributed by atoms with Gasteiger partial charge in [-0.15, -0.1) is 0 Å². The van der Waals surface area contributed by atoms with E-state index in [-0.39, 0.29) is 11.3 Å². The van der Waals surface area contributed by atoms with E-state index in [0.29, 0.717) is 17.4 Å². The predicted octanol–water partition coefficient (Wildman–Crippen LogP) is 3.25. The molecule has 1 aromatic heterocycles. The van der Waals surface area contributed by atoms with Crippen LogP contribution in [-0.4, -0.2) is 10.8 Å². The highest BCUT2D eigenvalue weighted by atomic mass is 16.4. The van der Waals surface area contributed by atoms with Crippen molar-refractivity contribution >= 4 is 16.7 Å². The third kappa shape index (κ3) is 2.34. The zero-order chi connectivity index (χ0) is 16.7. The Labute approximate surface area is 138 Å². The fraction of sp³-hybridized carbons (Fsp3) is 0.158. The number of aromatic hydroxyl groups is 1. The summed E-state index contributed by atoms with van der Waals surface area (Å²) in [5.41, 5.74) is 5.84. The van der Waals surface area contributed by atoms with Crippen molar-refractivity contribution < 1.29 is 9.52 Å². The Morgan fingerprint density at radius 1 is 1.21 bits per heavy atom. The molecule has 2 aromatic carbocycles. The van der Waals surface area contributed by atoms with Crippen LogP contribution in [-0.2, 0) is 0 Å². The first-order valence-electron chi connectivity index (χ1n) is 7.77. The lowest BCUT2D eigenvalue weighted by Gasteiger charge is -2.12. The molecule has 0 spiro atoms.